The number of rotatable bonds is 5. The predicted octanol–water partition coefficient (Wildman–Crippen LogP) is 5.68. The lowest BCUT2D eigenvalue weighted by Crippen LogP contribution is -2.29. The second-order valence-corrected chi connectivity index (χ2v) is 10.4. The van der Waals surface area contributed by atoms with E-state index in [1.54, 1.807) is 18.6 Å². The first-order valence-corrected chi connectivity index (χ1v) is 13.6. The van der Waals surface area contributed by atoms with Crippen LogP contribution in [0.25, 0.3) is 44.6 Å². The van der Waals surface area contributed by atoms with E-state index < -0.39 is 0 Å². The minimum Gasteiger partial charge on any atom is -0.371 e. The van der Waals surface area contributed by atoms with Crippen molar-refractivity contribution in [2.75, 3.05) is 23.3 Å². The van der Waals surface area contributed by atoms with Gasteiger partial charge in [-0.05, 0) is 56.4 Å². The van der Waals surface area contributed by atoms with Crippen LogP contribution in [-0.2, 0) is 4.79 Å². The number of fused-ring (bicyclic) bond motifs is 2. The van der Waals surface area contributed by atoms with Gasteiger partial charge in [-0.2, -0.15) is 5.10 Å². The number of piperidine rings is 1. The second kappa shape index (κ2) is 9.55. The summed E-state index contributed by atoms with van der Waals surface area (Å²) in [5, 5.41) is 12.7. The fourth-order valence-corrected chi connectivity index (χ4v) is 5.92. The molecule has 1 saturated carbocycles. The molecule has 0 radical (unpaired) electrons. The fourth-order valence-electron chi connectivity index (χ4n) is 5.92. The maximum absolute atomic E-state index is 12.6. The molecule has 0 bridgehead atoms. The highest BCUT2D eigenvalue weighted by atomic mass is 16.1. The summed E-state index contributed by atoms with van der Waals surface area (Å²) in [6, 6.07) is 8.31. The zero-order chi connectivity index (χ0) is 25.5. The number of carbonyl (C=O) groups is 1. The quantitative estimate of drug-likeness (QED) is 0.282. The molecule has 1 amide bonds. The van der Waals surface area contributed by atoms with Gasteiger partial charge in [-0.25, -0.2) is 9.97 Å². The average Bonchev–Trinajstić information content (AvgIpc) is 3.73. The Kier molecular flexibility index (Phi) is 5.76. The zero-order valence-electron chi connectivity index (χ0n) is 21.2. The van der Waals surface area contributed by atoms with Gasteiger partial charge in [-0.1, -0.05) is 12.8 Å². The van der Waals surface area contributed by atoms with Crippen molar-refractivity contribution in [2.24, 2.45) is 5.92 Å². The molecule has 3 N–H and O–H groups in total. The summed E-state index contributed by atoms with van der Waals surface area (Å²) in [5.41, 5.74) is 7.04. The Hall–Kier alpha value is -4.27. The second-order valence-electron chi connectivity index (χ2n) is 10.4. The molecule has 38 heavy (non-hydrogen) atoms. The molecular weight excluding hydrogens is 476 g/mol. The highest BCUT2D eigenvalue weighted by Gasteiger charge is 2.23. The molecule has 0 aromatic carbocycles. The third-order valence-corrected chi connectivity index (χ3v) is 7.95. The standard InChI is InChI=1S/C29H30N8O/c38-29(18-6-2-3-7-18)33-21-12-19(15-30-17-21)20-13-23-26(35-36-28(23)32-16-20)24-14-22-25(8-9-31-27(22)34-24)37-10-4-1-5-11-37/h8-9,12-18H,1-7,10-11H2,(H,31,34)(H,33,38)(H,32,35,36). The molecule has 5 aromatic rings. The molecule has 5 aromatic heterocycles. The lowest BCUT2D eigenvalue weighted by atomic mass is 10.1. The van der Waals surface area contributed by atoms with Crippen LogP contribution in [0.15, 0.2) is 49.1 Å². The Morgan fingerprint density at radius 1 is 0.921 bits per heavy atom. The number of H-pyrrole nitrogens is 2. The first kappa shape index (κ1) is 22.9. The average molecular weight is 507 g/mol. The monoisotopic (exact) mass is 506 g/mol. The summed E-state index contributed by atoms with van der Waals surface area (Å²) in [7, 11) is 0. The van der Waals surface area contributed by atoms with E-state index in [0.29, 0.717) is 11.3 Å². The van der Waals surface area contributed by atoms with Crippen molar-refractivity contribution in [3.8, 4) is 22.5 Å². The van der Waals surface area contributed by atoms with Gasteiger partial charge in [-0.15, -0.1) is 0 Å². The van der Waals surface area contributed by atoms with Crippen molar-refractivity contribution < 1.29 is 4.79 Å². The Labute approximate surface area is 220 Å². The fraction of sp³-hybridized carbons (Fsp3) is 0.345. The smallest absolute Gasteiger partial charge is 0.227 e. The van der Waals surface area contributed by atoms with Gasteiger partial charge in [0.1, 0.15) is 5.65 Å². The van der Waals surface area contributed by atoms with E-state index in [1.165, 1.54) is 24.9 Å². The number of hydrogen-bond acceptors (Lipinski definition) is 6. The Morgan fingerprint density at radius 2 is 1.76 bits per heavy atom. The molecule has 2 fully saturated rings. The normalized spacial score (nSPS) is 16.5. The highest BCUT2D eigenvalue weighted by molar-refractivity contribution is 5.99. The van der Waals surface area contributed by atoms with Gasteiger partial charge in [0.25, 0.3) is 0 Å². The lowest BCUT2D eigenvalue weighted by molar-refractivity contribution is -0.119. The molecule has 2 aliphatic rings. The van der Waals surface area contributed by atoms with Crippen LogP contribution >= 0.6 is 0 Å². The molecule has 1 aliphatic heterocycles. The minimum atomic E-state index is 0.0866. The largest absolute Gasteiger partial charge is 0.371 e. The number of nitrogens with zero attached hydrogens (tertiary/aromatic N) is 5. The number of nitrogens with one attached hydrogen (secondary N) is 3. The summed E-state index contributed by atoms with van der Waals surface area (Å²) in [6.45, 7) is 2.15. The van der Waals surface area contributed by atoms with Crippen molar-refractivity contribution in [3.63, 3.8) is 0 Å². The Balaban J connectivity index is 1.22. The van der Waals surface area contributed by atoms with Crippen LogP contribution in [0, 0.1) is 5.92 Å². The molecule has 192 valence electrons. The van der Waals surface area contributed by atoms with Gasteiger partial charge in [0.2, 0.25) is 5.91 Å². The Bertz CT molecular complexity index is 1620. The maximum atomic E-state index is 12.6. The molecule has 0 atom stereocenters. The molecule has 6 heterocycles. The summed E-state index contributed by atoms with van der Waals surface area (Å²) in [4.78, 5) is 32.2. The van der Waals surface area contributed by atoms with E-state index in [-0.39, 0.29) is 11.8 Å². The molecule has 0 unspecified atom stereocenters. The van der Waals surface area contributed by atoms with Crippen LogP contribution in [0.3, 0.4) is 0 Å². The van der Waals surface area contributed by atoms with Gasteiger partial charge < -0.3 is 15.2 Å². The van der Waals surface area contributed by atoms with Gasteiger partial charge in [0.15, 0.2) is 5.65 Å². The predicted molar refractivity (Wildman–Crippen MR) is 149 cm³/mol. The lowest BCUT2D eigenvalue weighted by Gasteiger charge is -2.29. The molecule has 1 saturated heterocycles. The number of aromatic amines is 2. The van der Waals surface area contributed by atoms with Crippen LogP contribution < -0.4 is 10.2 Å². The van der Waals surface area contributed by atoms with Gasteiger partial charge >= 0.3 is 0 Å². The van der Waals surface area contributed by atoms with Crippen molar-refractivity contribution in [2.45, 2.75) is 44.9 Å². The summed E-state index contributed by atoms with van der Waals surface area (Å²) >= 11 is 0. The first-order chi connectivity index (χ1) is 18.7. The number of anilines is 2. The third kappa shape index (κ3) is 4.17. The third-order valence-electron chi connectivity index (χ3n) is 7.95. The van der Waals surface area contributed by atoms with Crippen LogP contribution in [0.4, 0.5) is 11.4 Å². The number of amides is 1. The van der Waals surface area contributed by atoms with E-state index in [9.17, 15) is 4.79 Å². The van der Waals surface area contributed by atoms with Crippen molar-refractivity contribution in [1.82, 2.24) is 30.1 Å². The van der Waals surface area contributed by atoms with Gasteiger partial charge in [0, 0.05) is 65.2 Å². The summed E-state index contributed by atoms with van der Waals surface area (Å²) in [5.74, 6) is 0.190. The minimum absolute atomic E-state index is 0.0866. The molecule has 1 aliphatic carbocycles. The molecular formula is C29H30N8O. The number of carbonyl (C=O) groups excluding carboxylic acids is 1. The number of hydrogen-bond donors (Lipinski definition) is 3. The van der Waals surface area contributed by atoms with Crippen LogP contribution in [-0.4, -0.2) is 49.1 Å². The van der Waals surface area contributed by atoms with Crippen molar-refractivity contribution in [1.29, 1.82) is 0 Å². The number of pyridine rings is 3. The topological polar surface area (TPSA) is 115 Å². The highest BCUT2D eigenvalue weighted by Crippen LogP contribution is 2.34. The first-order valence-electron chi connectivity index (χ1n) is 13.6. The van der Waals surface area contributed by atoms with Gasteiger partial charge in [0.05, 0.1) is 23.3 Å². The van der Waals surface area contributed by atoms with Gasteiger partial charge in [-0.3, -0.25) is 14.9 Å². The maximum Gasteiger partial charge on any atom is 0.227 e. The SMILES string of the molecule is O=C(Nc1cncc(-c2cnc3n[nH]c(-c4cc5c(N6CCCCC6)ccnc5[nH]4)c3c2)c1)C1CCCC1. The van der Waals surface area contributed by atoms with Crippen LogP contribution in [0.1, 0.15) is 44.9 Å². The van der Waals surface area contributed by atoms with E-state index in [1.807, 2.05) is 12.3 Å². The van der Waals surface area contributed by atoms with Crippen molar-refractivity contribution >= 4 is 39.3 Å². The molecule has 0 spiro atoms. The van der Waals surface area contributed by atoms with Crippen molar-refractivity contribution in [3.05, 3.63) is 49.1 Å². The summed E-state index contributed by atoms with van der Waals surface area (Å²) < 4.78 is 0. The Morgan fingerprint density at radius 3 is 2.63 bits per heavy atom. The zero-order valence-corrected chi connectivity index (χ0v) is 21.2. The van der Waals surface area contributed by atoms with E-state index in [2.05, 4.69) is 58.5 Å². The van der Waals surface area contributed by atoms with E-state index in [4.69, 9.17) is 0 Å². The van der Waals surface area contributed by atoms with E-state index >= 15 is 0 Å². The van der Waals surface area contributed by atoms with Crippen LogP contribution in [0.5, 0.6) is 0 Å². The van der Waals surface area contributed by atoms with E-state index in [0.717, 1.165) is 77.7 Å². The molecule has 7 rings (SSSR count). The molecule has 9 heteroatoms. The molecule has 9 nitrogen and oxygen atoms in total. The van der Waals surface area contributed by atoms with Crippen LogP contribution in [0.2, 0.25) is 0 Å². The summed E-state index contributed by atoms with van der Waals surface area (Å²) in [6.07, 6.45) is 15.1. The number of aromatic nitrogens is 6.